The summed E-state index contributed by atoms with van der Waals surface area (Å²) in [5, 5.41) is 0. The highest BCUT2D eigenvalue weighted by atomic mass is 15.3. The molecule has 4 unspecified atom stereocenters. The Labute approximate surface area is 99.0 Å². The van der Waals surface area contributed by atoms with E-state index >= 15 is 0 Å². The quantitative estimate of drug-likeness (QED) is 0.616. The number of rotatable bonds is 0. The van der Waals surface area contributed by atoms with Crippen LogP contribution in [0, 0.1) is 11.8 Å². The van der Waals surface area contributed by atoms with Gasteiger partial charge in [-0.15, -0.1) is 0 Å². The molecule has 0 amide bonds. The molecule has 2 nitrogen and oxygen atoms in total. The van der Waals surface area contributed by atoms with E-state index in [9.17, 15) is 0 Å². The minimum absolute atomic E-state index is 0.960. The first-order chi connectivity index (χ1) is 7.93. The third-order valence-electron chi connectivity index (χ3n) is 5.78. The first kappa shape index (κ1) is 9.90. The van der Waals surface area contributed by atoms with E-state index < -0.39 is 0 Å². The standard InChI is InChI=1S/C14H24N2/c1-3-11-5-6-12-4-2-8-16-10-9-15(7-1)13(11)14(12)16/h11-14H,1-10H2. The van der Waals surface area contributed by atoms with E-state index in [1.165, 1.54) is 64.7 Å². The summed E-state index contributed by atoms with van der Waals surface area (Å²) in [6.07, 6.45) is 9.07. The first-order valence-electron chi connectivity index (χ1n) is 7.41. The molecule has 1 aliphatic carbocycles. The molecule has 0 aromatic rings. The molecule has 4 rings (SSSR count). The van der Waals surface area contributed by atoms with E-state index in [0.717, 1.165) is 23.9 Å². The first-order valence-corrected chi connectivity index (χ1v) is 7.41. The molecule has 0 aromatic carbocycles. The second kappa shape index (κ2) is 3.71. The Balaban J connectivity index is 1.67. The van der Waals surface area contributed by atoms with Crippen molar-refractivity contribution in [3.05, 3.63) is 0 Å². The highest BCUT2D eigenvalue weighted by molar-refractivity contribution is 5.04. The summed E-state index contributed by atoms with van der Waals surface area (Å²) in [4.78, 5) is 5.71. The lowest BCUT2D eigenvalue weighted by Crippen LogP contribution is -2.68. The van der Waals surface area contributed by atoms with Crippen LogP contribution in [0.1, 0.15) is 38.5 Å². The highest BCUT2D eigenvalue weighted by Gasteiger charge is 2.49. The third-order valence-corrected chi connectivity index (χ3v) is 5.78. The molecule has 3 heterocycles. The van der Waals surface area contributed by atoms with Gasteiger partial charge in [-0.2, -0.15) is 0 Å². The van der Waals surface area contributed by atoms with Crippen molar-refractivity contribution in [2.24, 2.45) is 11.8 Å². The molecule has 0 radical (unpaired) electrons. The van der Waals surface area contributed by atoms with Gasteiger partial charge in [0.25, 0.3) is 0 Å². The van der Waals surface area contributed by atoms with E-state index in [1.54, 1.807) is 0 Å². The fourth-order valence-corrected chi connectivity index (χ4v) is 5.18. The molecule has 0 aromatic heterocycles. The molecule has 4 atom stereocenters. The second-order valence-corrected chi connectivity index (χ2v) is 6.44. The van der Waals surface area contributed by atoms with Crippen LogP contribution in [0.2, 0.25) is 0 Å². The monoisotopic (exact) mass is 220 g/mol. The Kier molecular flexibility index (Phi) is 2.29. The summed E-state index contributed by atoms with van der Waals surface area (Å²) in [5.41, 5.74) is 0. The van der Waals surface area contributed by atoms with Crippen molar-refractivity contribution in [3.8, 4) is 0 Å². The molecule has 1 saturated carbocycles. The molecular formula is C14H24N2. The molecular weight excluding hydrogens is 196 g/mol. The molecule has 16 heavy (non-hydrogen) atoms. The maximum atomic E-state index is 2.85. The van der Waals surface area contributed by atoms with Crippen molar-refractivity contribution in [1.82, 2.24) is 9.80 Å². The van der Waals surface area contributed by atoms with E-state index in [2.05, 4.69) is 9.80 Å². The van der Waals surface area contributed by atoms with Gasteiger partial charge in [-0.1, -0.05) is 0 Å². The van der Waals surface area contributed by atoms with Crippen LogP contribution in [-0.4, -0.2) is 48.1 Å². The fraction of sp³-hybridized carbons (Fsp3) is 1.00. The molecule has 2 heteroatoms. The van der Waals surface area contributed by atoms with Crippen LogP contribution in [0.4, 0.5) is 0 Å². The van der Waals surface area contributed by atoms with Gasteiger partial charge in [0.1, 0.15) is 0 Å². The minimum Gasteiger partial charge on any atom is -0.297 e. The SMILES string of the molecule is C1CC2CCC3CCCN4CCN(C1)C2C34. The van der Waals surface area contributed by atoms with Gasteiger partial charge < -0.3 is 0 Å². The lowest BCUT2D eigenvalue weighted by Gasteiger charge is -2.59. The predicted octanol–water partition coefficient (Wildman–Crippen LogP) is 1.96. The summed E-state index contributed by atoms with van der Waals surface area (Å²) < 4.78 is 0. The lowest BCUT2D eigenvalue weighted by atomic mass is 9.66. The molecule has 3 saturated heterocycles. The number of piperazine rings is 1. The zero-order valence-electron chi connectivity index (χ0n) is 10.3. The van der Waals surface area contributed by atoms with Gasteiger partial charge in [0.2, 0.25) is 0 Å². The van der Waals surface area contributed by atoms with Crippen LogP contribution >= 0.6 is 0 Å². The van der Waals surface area contributed by atoms with Crippen LogP contribution in [0.25, 0.3) is 0 Å². The maximum Gasteiger partial charge on any atom is 0.0283 e. The van der Waals surface area contributed by atoms with E-state index in [-0.39, 0.29) is 0 Å². The number of piperidine rings is 2. The third kappa shape index (κ3) is 1.32. The van der Waals surface area contributed by atoms with Gasteiger partial charge in [-0.25, -0.2) is 0 Å². The maximum absolute atomic E-state index is 2.85. The van der Waals surface area contributed by atoms with Gasteiger partial charge in [-0.05, 0) is 63.5 Å². The Hall–Kier alpha value is -0.0800. The van der Waals surface area contributed by atoms with E-state index in [1.807, 2.05) is 0 Å². The molecule has 4 aliphatic rings. The van der Waals surface area contributed by atoms with Crippen molar-refractivity contribution < 1.29 is 0 Å². The summed E-state index contributed by atoms with van der Waals surface area (Å²) in [5.74, 6) is 2.10. The lowest BCUT2D eigenvalue weighted by molar-refractivity contribution is -0.0948. The molecule has 0 spiro atoms. The molecule has 0 bridgehead atoms. The van der Waals surface area contributed by atoms with Gasteiger partial charge >= 0.3 is 0 Å². The topological polar surface area (TPSA) is 6.48 Å². The van der Waals surface area contributed by atoms with Crippen LogP contribution in [0.5, 0.6) is 0 Å². The normalized spacial score (nSPS) is 48.8. The van der Waals surface area contributed by atoms with Crippen molar-refractivity contribution in [2.75, 3.05) is 26.2 Å². The van der Waals surface area contributed by atoms with E-state index in [0.29, 0.717) is 0 Å². The van der Waals surface area contributed by atoms with Crippen molar-refractivity contribution in [1.29, 1.82) is 0 Å². The number of hydrogen-bond acceptors (Lipinski definition) is 2. The highest BCUT2D eigenvalue weighted by Crippen LogP contribution is 2.45. The summed E-state index contributed by atoms with van der Waals surface area (Å²) in [7, 11) is 0. The number of nitrogens with zero attached hydrogens (tertiary/aromatic N) is 2. The van der Waals surface area contributed by atoms with Crippen LogP contribution in [0.3, 0.4) is 0 Å². The van der Waals surface area contributed by atoms with Gasteiger partial charge in [0.15, 0.2) is 0 Å². The van der Waals surface area contributed by atoms with Crippen molar-refractivity contribution in [3.63, 3.8) is 0 Å². The van der Waals surface area contributed by atoms with Gasteiger partial charge in [0.05, 0.1) is 0 Å². The minimum atomic E-state index is 0.960. The Morgan fingerprint density at radius 3 is 1.56 bits per heavy atom. The average molecular weight is 220 g/mol. The molecule has 0 N–H and O–H groups in total. The summed E-state index contributed by atoms with van der Waals surface area (Å²) in [6.45, 7) is 5.53. The zero-order valence-corrected chi connectivity index (χ0v) is 10.3. The predicted molar refractivity (Wildman–Crippen MR) is 65.4 cm³/mol. The molecule has 3 aliphatic heterocycles. The van der Waals surface area contributed by atoms with Crippen molar-refractivity contribution >= 4 is 0 Å². The van der Waals surface area contributed by atoms with Gasteiger partial charge in [0, 0.05) is 25.2 Å². The Morgan fingerprint density at radius 1 is 0.562 bits per heavy atom. The summed E-state index contributed by atoms with van der Waals surface area (Å²) >= 11 is 0. The van der Waals surface area contributed by atoms with Crippen LogP contribution in [0.15, 0.2) is 0 Å². The molecule has 4 fully saturated rings. The summed E-state index contributed by atoms with van der Waals surface area (Å²) in [6, 6.07) is 1.92. The Bertz CT molecular complexity index is 226. The average Bonchev–Trinajstić information content (AvgIpc) is 2.36. The largest absolute Gasteiger partial charge is 0.297 e. The van der Waals surface area contributed by atoms with Crippen LogP contribution < -0.4 is 0 Å². The number of hydrogen-bond donors (Lipinski definition) is 0. The fourth-order valence-electron chi connectivity index (χ4n) is 5.18. The Morgan fingerprint density at radius 2 is 1.06 bits per heavy atom. The van der Waals surface area contributed by atoms with Crippen molar-refractivity contribution in [2.45, 2.75) is 50.6 Å². The smallest absolute Gasteiger partial charge is 0.0283 e. The molecule has 90 valence electrons. The van der Waals surface area contributed by atoms with Gasteiger partial charge in [-0.3, -0.25) is 9.80 Å². The van der Waals surface area contributed by atoms with E-state index in [4.69, 9.17) is 0 Å². The zero-order chi connectivity index (χ0) is 10.5. The second-order valence-electron chi connectivity index (χ2n) is 6.44. The van der Waals surface area contributed by atoms with Crippen LogP contribution in [-0.2, 0) is 0 Å².